The number of methoxy groups -OCH3 is 1. The molecule has 0 aliphatic heterocycles. The average Bonchev–Trinajstić information content (AvgIpc) is 3.17. The summed E-state index contributed by atoms with van der Waals surface area (Å²) in [6.07, 6.45) is 0.634. The van der Waals surface area contributed by atoms with Crippen LogP contribution >= 0.6 is 0 Å². The fraction of sp³-hybridized carbons (Fsp3) is 0.167. The first-order chi connectivity index (χ1) is 14.1. The van der Waals surface area contributed by atoms with Gasteiger partial charge in [0, 0.05) is 5.56 Å². The van der Waals surface area contributed by atoms with E-state index >= 15 is 0 Å². The van der Waals surface area contributed by atoms with Gasteiger partial charge >= 0.3 is 0 Å². The fourth-order valence-electron chi connectivity index (χ4n) is 3.38. The van der Waals surface area contributed by atoms with Gasteiger partial charge in [-0.1, -0.05) is 42.5 Å². The molecule has 0 unspecified atom stereocenters. The minimum absolute atomic E-state index is 0.165. The number of ether oxygens (including phenoxy) is 1. The van der Waals surface area contributed by atoms with Gasteiger partial charge in [-0.2, -0.15) is 0 Å². The molecule has 4 aromatic rings. The Hall–Kier alpha value is -3.60. The smallest absolute Gasteiger partial charge is 0.252 e. The number of fused-ring (bicyclic) bond motifs is 1. The van der Waals surface area contributed by atoms with Crippen LogP contribution in [0.4, 0.5) is 0 Å². The summed E-state index contributed by atoms with van der Waals surface area (Å²) in [6.45, 7) is 2.05. The van der Waals surface area contributed by atoms with Crippen LogP contribution in [-0.2, 0) is 6.42 Å². The molecule has 146 valence electrons. The molecule has 1 amide bonds. The molecule has 0 aliphatic rings. The number of nitrogens with one attached hydrogen (secondary N) is 2. The van der Waals surface area contributed by atoms with Crippen molar-refractivity contribution < 1.29 is 9.53 Å². The maximum Gasteiger partial charge on any atom is 0.252 e. The van der Waals surface area contributed by atoms with E-state index in [0.29, 0.717) is 17.7 Å². The number of nitrogens with zero attached hydrogens (tertiary/aromatic N) is 1. The van der Waals surface area contributed by atoms with Gasteiger partial charge in [0.1, 0.15) is 11.6 Å². The first-order valence-electron chi connectivity index (χ1n) is 9.57. The van der Waals surface area contributed by atoms with Crippen LogP contribution in [-0.4, -0.2) is 23.0 Å². The number of carbonyl (C=O) groups is 1. The third-order valence-electron chi connectivity index (χ3n) is 4.91. The van der Waals surface area contributed by atoms with Gasteiger partial charge in [0.15, 0.2) is 0 Å². The van der Waals surface area contributed by atoms with Crippen LogP contribution in [0.15, 0.2) is 72.8 Å². The molecule has 4 rings (SSSR count). The molecule has 0 bridgehead atoms. The van der Waals surface area contributed by atoms with Gasteiger partial charge < -0.3 is 15.0 Å². The summed E-state index contributed by atoms with van der Waals surface area (Å²) in [5, 5.41) is 3.14. The molecule has 5 nitrogen and oxygen atoms in total. The highest BCUT2D eigenvalue weighted by molar-refractivity contribution is 5.94. The lowest BCUT2D eigenvalue weighted by Crippen LogP contribution is -2.30. The maximum atomic E-state index is 12.9. The number of H-pyrrole nitrogens is 1. The Bertz CT molecular complexity index is 1140. The number of amides is 1. The van der Waals surface area contributed by atoms with E-state index in [1.165, 1.54) is 0 Å². The van der Waals surface area contributed by atoms with Crippen molar-refractivity contribution in [2.45, 2.75) is 19.4 Å². The van der Waals surface area contributed by atoms with Gasteiger partial charge in [-0.3, -0.25) is 4.79 Å². The van der Waals surface area contributed by atoms with Crippen LogP contribution < -0.4 is 10.1 Å². The summed E-state index contributed by atoms with van der Waals surface area (Å²) in [7, 11) is 1.59. The van der Waals surface area contributed by atoms with E-state index in [-0.39, 0.29) is 11.9 Å². The molecule has 5 heteroatoms. The van der Waals surface area contributed by atoms with Crippen molar-refractivity contribution in [2.24, 2.45) is 0 Å². The number of carbonyl (C=O) groups excluding carboxylic acids is 1. The van der Waals surface area contributed by atoms with Gasteiger partial charge in [0.25, 0.3) is 5.91 Å². The number of aromatic nitrogens is 2. The minimum atomic E-state index is -0.288. The number of hydrogen-bond donors (Lipinski definition) is 2. The van der Waals surface area contributed by atoms with Crippen LogP contribution in [0.5, 0.6) is 5.75 Å². The quantitative estimate of drug-likeness (QED) is 0.510. The second-order valence-electron chi connectivity index (χ2n) is 7.09. The van der Waals surface area contributed by atoms with Crippen molar-refractivity contribution in [1.29, 1.82) is 0 Å². The molecule has 0 spiro atoms. The molecule has 3 aromatic carbocycles. The van der Waals surface area contributed by atoms with Crippen molar-refractivity contribution >= 4 is 16.9 Å². The van der Waals surface area contributed by atoms with Crippen LogP contribution in [0.25, 0.3) is 11.0 Å². The Morgan fingerprint density at radius 3 is 2.69 bits per heavy atom. The molecule has 29 heavy (non-hydrogen) atoms. The predicted molar refractivity (Wildman–Crippen MR) is 114 cm³/mol. The van der Waals surface area contributed by atoms with Crippen molar-refractivity contribution in [3.8, 4) is 5.75 Å². The van der Waals surface area contributed by atoms with Crippen LogP contribution in [0.2, 0.25) is 0 Å². The summed E-state index contributed by atoms with van der Waals surface area (Å²) in [6, 6.07) is 23.0. The Balaban J connectivity index is 1.66. The topological polar surface area (TPSA) is 67.0 Å². The second-order valence-corrected chi connectivity index (χ2v) is 7.09. The van der Waals surface area contributed by atoms with E-state index < -0.39 is 0 Å². The van der Waals surface area contributed by atoms with Gasteiger partial charge in [-0.25, -0.2) is 4.98 Å². The van der Waals surface area contributed by atoms with Crippen molar-refractivity contribution in [3.05, 3.63) is 95.3 Å². The molecular formula is C24H23N3O2. The largest absolute Gasteiger partial charge is 0.497 e. The number of benzene rings is 3. The number of imidazole rings is 1. The molecule has 0 aliphatic carbocycles. The highest BCUT2D eigenvalue weighted by atomic mass is 16.5. The molecule has 0 saturated heterocycles. The lowest BCUT2D eigenvalue weighted by molar-refractivity contribution is 0.0934. The number of aryl methyl sites for hydroxylation is 1. The van der Waals surface area contributed by atoms with Crippen LogP contribution in [0, 0.1) is 6.92 Å². The van der Waals surface area contributed by atoms with E-state index in [0.717, 1.165) is 28.0 Å². The number of hydrogen-bond acceptors (Lipinski definition) is 3. The third-order valence-corrected chi connectivity index (χ3v) is 4.91. The zero-order chi connectivity index (χ0) is 20.2. The third kappa shape index (κ3) is 4.29. The molecule has 1 aromatic heterocycles. The monoisotopic (exact) mass is 385 g/mol. The summed E-state index contributed by atoms with van der Waals surface area (Å²) in [5.74, 6) is 1.23. The summed E-state index contributed by atoms with van der Waals surface area (Å²) < 4.78 is 5.24. The first-order valence-corrected chi connectivity index (χ1v) is 9.57. The Morgan fingerprint density at radius 2 is 1.90 bits per heavy atom. The molecule has 1 heterocycles. The molecule has 2 N–H and O–H groups in total. The van der Waals surface area contributed by atoms with Crippen molar-refractivity contribution in [2.75, 3.05) is 7.11 Å². The highest BCUT2D eigenvalue weighted by Gasteiger charge is 2.20. The van der Waals surface area contributed by atoms with E-state index in [1.54, 1.807) is 19.2 Å². The molecular weight excluding hydrogens is 362 g/mol. The fourth-order valence-corrected chi connectivity index (χ4v) is 3.38. The second kappa shape index (κ2) is 8.19. The number of rotatable bonds is 6. The maximum absolute atomic E-state index is 12.9. The van der Waals surface area contributed by atoms with Gasteiger partial charge in [-0.05, 0) is 54.8 Å². The molecule has 1 atom stereocenters. The average molecular weight is 385 g/mol. The normalized spacial score (nSPS) is 11.9. The Kier molecular flexibility index (Phi) is 5.29. The lowest BCUT2D eigenvalue weighted by Gasteiger charge is -2.17. The van der Waals surface area contributed by atoms with E-state index in [9.17, 15) is 4.79 Å². The number of aromatic amines is 1. The van der Waals surface area contributed by atoms with Crippen LogP contribution in [0.3, 0.4) is 0 Å². The molecule has 0 fully saturated rings. The summed E-state index contributed by atoms with van der Waals surface area (Å²) in [5.41, 5.74) is 4.69. The van der Waals surface area contributed by atoms with E-state index in [2.05, 4.69) is 28.5 Å². The van der Waals surface area contributed by atoms with Crippen LogP contribution in [0.1, 0.15) is 33.4 Å². The van der Waals surface area contributed by atoms with Gasteiger partial charge in [-0.15, -0.1) is 0 Å². The zero-order valence-corrected chi connectivity index (χ0v) is 16.5. The van der Waals surface area contributed by atoms with Gasteiger partial charge in [0.2, 0.25) is 0 Å². The van der Waals surface area contributed by atoms with E-state index in [1.807, 2.05) is 49.4 Å². The minimum Gasteiger partial charge on any atom is -0.497 e. The summed E-state index contributed by atoms with van der Waals surface area (Å²) >= 11 is 0. The Labute approximate surface area is 169 Å². The Morgan fingerprint density at radius 1 is 1.07 bits per heavy atom. The highest BCUT2D eigenvalue weighted by Crippen LogP contribution is 2.22. The summed E-state index contributed by atoms with van der Waals surface area (Å²) in [4.78, 5) is 21.1. The lowest BCUT2D eigenvalue weighted by atomic mass is 10.0. The first kappa shape index (κ1) is 18.7. The predicted octanol–water partition coefficient (Wildman–Crippen LogP) is 4.59. The van der Waals surface area contributed by atoms with Crippen molar-refractivity contribution in [1.82, 2.24) is 15.3 Å². The van der Waals surface area contributed by atoms with Gasteiger partial charge in [0.05, 0.1) is 24.2 Å². The van der Waals surface area contributed by atoms with Crippen molar-refractivity contribution in [3.63, 3.8) is 0 Å². The SMILES string of the molecule is COc1cccc(C(=O)N[C@H](Cc2ccccc2)c2nc3ccc(C)cc3[nH]2)c1. The zero-order valence-electron chi connectivity index (χ0n) is 16.5. The molecule has 0 saturated carbocycles. The standard InChI is InChI=1S/C24H23N3O2/c1-16-11-12-20-21(13-16)26-23(25-20)22(14-17-7-4-3-5-8-17)27-24(28)18-9-6-10-19(15-18)29-2/h3-13,15,22H,14H2,1-2H3,(H,25,26)(H,27,28)/t22-/m1/s1. The van der Waals surface area contributed by atoms with E-state index in [4.69, 9.17) is 9.72 Å². The molecule has 0 radical (unpaired) electrons.